The molecular formula is C19H21N3OS. The van der Waals surface area contributed by atoms with E-state index >= 15 is 0 Å². The molecule has 124 valence electrons. The standard InChI is InChI=1S/C19H21N3OS/c1-4-24-19-15(11-20)18(13-5-7-14(23-3)8-6-13)16-12-22(2)10-9-17(16)21-19/h5-8H,4,9-10,12H2,1-3H3. The fourth-order valence-electron chi connectivity index (χ4n) is 3.09. The first-order chi connectivity index (χ1) is 11.7. The first-order valence-electron chi connectivity index (χ1n) is 8.09. The molecule has 0 bridgehead atoms. The highest BCUT2D eigenvalue weighted by Crippen LogP contribution is 2.37. The van der Waals surface area contributed by atoms with Gasteiger partial charge < -0.3 is 9.64 Å². The van der Waals surface area contributed by atoms with Gasteiger partial charge in [-0.25, -0.2) is 4.98 Å². The Hall–Kier alpha value is -2.03. The van der Waals surface area contributed by atoms with Crippen molar-refractivity contribution in [2.75, 3.05) is 26.5 Å². The lowest BCUT2D eigenvalue weighted by atomic mass is 9.92. The number of fused-ring (bicyclic) bond motifs is 1. The molecule has 0 saturated heterocycles. The van der Waals surface area contributed by atoms with Crippen molar-refractivity contribution < 1.29 is 4.74 Å². The number of thioether (sulfide) groups is 1. The van der Waals surface area contributed by atoms with Crippen LogP contribution in [-0.2, 0) is 13.0 Å². The summed E-state index contributed by atoms with van der Waals surface area (Å²) in [5.41, 5.74) is 5.10. The minimum Gasteiger partial charge on any atom is -0.497 e. The summed E-state index contributed by atoms with van der Waals surface area (Å²) in [6, 6.07) is 10.4. The second-order valence-electron chi connectivity index (χ2n) is 5.85. The predicted molar refractivity (Wildman–Crippen MR) is 97.4 cm³/mol. The fourth-order valence-corrected chi connectivity index (χ4v) is 3.83. The zero-order chi connectivity index (χ0) is 17.1. The lowest BCUT2D eigenvalue weighted by Gasteiger charge is -2.28. The number of benzene rings is 1. The van der Waals surface area contributed by atoms with Gasteiger partial charge in [-0.3, -0.25) is 0 Å². The van der Waals surface area contributed by atoms with Gasteiger partial charge in [0.25, 0.3) is 0 Å². The zero-order valence-corrected chi connectivity index (χ0v) is 15.1. The smallest absolute Gasteiger partial charge is 0.118 e. The third-order valence-electron chi connectivity index (χ3n) is 4.28. The number of nitriles is 1. The molecular weight excluding hydrogens is 318 g/mol. The maximum absolute atomic E-state index is 9.81. The Bertz CT molecular complexity index is 781. The molecule has 0 unspecified atom stereocenters. The van der Waals surface area contributed by atoms with Crippen molar-refractivity contribution >= 4 is 11.8 Å². The Kier molecular flexibility index (Phi) is 5.08. The molecule has 5 heteroatoms. The first-order valence-corrected chi connectivity index (χ1v) is 9.08. The molecule has 0 atom stereocenters. The number of likely N-dealkylation sites (N-methyl/N-ethyl adjacent to an activating group) is 1. The molecule has 0 N–H and O–H groups in total. The summed E-state index contributed by atoms with van der Waals surface area (Å²) >= 11 is 1.64. The molecule has 0 saturated carbocycles. The molecule has 4 nitrogen and oxygen atoms in total. The highest BCUT2D eigenvalue weighted by molar-refractivity contribution is 7.99. The van der Waals surface area contributed by atoms with E-state index in [-0.39, 0.29) is 0 Å². The van der Waals surface area contributed by atoms with Gasteiger partial charge >= 0.3 is 0 Å². The second kappa shape index (κ2) is 7.25. The van der Waals surface area contributed by atoms with E-state index in [9.17, 15) is 5.26 Å². The Balaban J connectivity index is 2.23. The first kappa shape index (κ1) is 16.8. The van der Waals surface area contributed by atoms with E-state index in [2.05, 4.69) is 24.9 Å². The molecule has 3 rings (SSSR count). The second-order valence-corrected chi connectivity index (χ2v) is 7.11. The van der Waals surface area contributed by atoms with E-state index in [0.29, 0.717) is 5.56 Å². The number of aromatic nitrogens is 1. The Labute approximate surface area is 147 Å². The summed E-state index contributed by atoms with van der Waals surface area (Å²) in [5.74, 6) is 1.73. The van der Waals surface area contributed by atoms with Crippen LogP contribution in [0.15, 0.2) is 29.3 Å². The Morgan fingerprint density at radius 1 is 1.33 bits per heavy atom. The van der Waals surface area contributed by atoms with Crippen LogP contribution < -0.4 is 4.74 Å². The molecule has 1 aromatic heterocycles. The molecule has 24 heavy (non-hydrogen) atoms. The minimum absolute atomic E-state index is 0.695. The molecule has 1 aliphatic rings. The molecule has 2 heterocycles. The van der Waals surface area contributed by atoms with Gasteiger partial charge in [0, 0.05) is 30.8 Å². The van der Waals surface area contributed by atoms with Gasteiger partial charge in [-0.15, -0.1) is 11.8 Å². The lowest BCUT2D eigenvalue weighted by Crippen LogP contribution is -2.28. The van der Waals surface area contributed by atoms with E-state index in [4.69, 9.17) is 9.72 Å². The van der Waals surface area contributed by atoms with Crippen LogP contribution in [0.2, 0.25) is 0 Å². The quantitative estimate of drug-likeness (QED) is 0.795. The Morgan fingerprint density at radius 3 is 2.71 bits per heavy atom. The monoisotopic (exact) mass is 339 g/mol. The van der Waals surface area contributed by atoms with Crippen LogP contribution >= 0.6 is 11.8 Å². The van der Waals surface area contributed by atoms with E-state index in [0.717, 1.165) is 52.9 Å². The topological polar surface area (TPSA) is 49.1 Å². The molecule has 0 radical (unpaired) electrons. The van der Waals surface area contributed by atoms with Crippen molar-refractivity contribution in [1.29, 1.82) is 5.26 Å². The SMILES string of the molecule is CCSc1nc2c(c(-c3ccc(OC)cc3)c1C#N)CN(C)CC2. The van der Waals surface area contributed by atoms with Crippen LogP contribution in [-0.4, -0.2) is 36.3 Å². The van der Waals surface area contributed by atoms with Crippen molar-refractivity contribution in [1.82, 2.24) is 9.88 Å². The van der Waals surface area contributed by atoms with Gasteiger partial charge in [0.05, 0.1) is 12.7 Å². The maximum Gasteiger partial charge on any atom is 0.118 e. The van der Waals surface area contributed by atoms with Crippen LogP contribution in [0.25, 0.3) is 11.1 Å². The average Bonchev–Trinajstić information content (AvgIpc) is 2.61. The normalized spacial score (nSPS) is 14.1. The van der Waals surface area contributed by atoms with Crippen LogP contribution in [0.5, 0.6) is 5.75 Å². The molecule has 0 aliphatic carbocycles. The Morgan fingerprint density at radius 2 is 2.08 bits per heavy atom. The molecule has 2 aromatic rings. The van der Waals surface area contributed by atoms with Gasteiger partial charge in [-0.1, -0.05) is 19.1 Å². The summed E-state index contributed by atoms with van der Waals surface area (Å²) in [4.78, 5) is 7.10. The van der Waals surface area contributed by atoms with Crippen LogP contribution in [0.1, 0.15) is 23.7 Å². The number of hydrogen-bond acceptors (Lipinski definition) is 5. The summed E-state index contributed by atoms with van der Waals surface area (Å²) in [7, 11) is 3.77. The summed E-state index contributed by atoms with van der Waals surface area (Å²) in [6.07, 6.45) is 0.929. The molecule has 1 aliphatic heterocycles. The number of ether oxygens (including phenoxy) is 1. The van der Waals surface area contributed by atoms with Gasteiger partial charge in [0.2, 0.25) is 0 Å². The largest absolute Gasteiger partial charge is 0.497 e. The minimum atomic E-state index is 0.695. The van der Waals surface area contributed by atoms with Crippen molar-refractivity contribution in [3.05, 3.63) is 41.1 Å². The van der Waals surface area contributed by atoms with Crippen molar-refractivity contribution in [3.63, 3.8) is 0 Å². The molecule has 0 fully saturated rings. The molecule has 0 amide bonds. The third-order valence-corrected chi connectivity index (χ3v) is 5.14. The molecule has 0 spiro atoms. The van der Waals surface area contributed by atoms with Crippen LogP contribution in [0.3, 0.4) is 0 Å². The van der Waals surface area contributed by atoms with Gasteiger partial charge in [-0.05, 0) is 36.1 Å². The fraction of sp³-hybridized carbons (Fsp3) is 0.368. The number of hydrogen-bond donors (Lipinski definition) is 0. The van der Waals surface area contributed by atoms with Gasteiger partial charge in [0.15, 0.2) is 0 Å². The van der Waals surface area contributed by atoms with Crippen molar-refractivity contribution in [2.45, 2.75) is 24.9 Å². The van der Waals surface area contributed by atoms with E-state index < -0.39 is 0 Å². The maximum atomic E-state index is 9.81. The highest BCUT2D eigenvalue weighted by atomic mass is 32.2. The van der Waals surface area contributed by atoms with Crippen LogP contribution in [0, 0.1) is 11.3 Å². The number of methoxy groups -OCH3 is 1. The van der Waals surface area contributed by atoms with E-state index in [1.54, 1.807) is 18.9 Å². The van der Waals surface area contributed by atoms with Crippen molar-refractivity contribution in [3.8, 4) is 22.9 Å². The molecule has 1 aromatic carbocycles. The van der Waals surface area contributed by atoms with E-state index in [1.165, 1.54) is 5.56 Å². The number of nitrogens with zero attached hydrogens (tertiary/aromatic N) is 3. The summed E-state index contributed by atoms with van der Waals surface area (Å²) in [5, 5.41) is 10.7. The van der Waals surface area contributed by atoms with Gasteiger partial charge in [-0.2, -0.15) is 5.26 Å². The number of rotatable bonds is 4. The lowest BCUT2D eigenvalue weighted by molar-refractivity contribution is 0.309. The third kappa shape index (κ3) is 3.12. The average molecular weight is 339 g/mol. The van der Waals surface area contributed by atoms with Gasteiger partial charge in [0.1, 0.15) is 16.8 Å². The van der Waals surface area contributed by atoms with E-state index in [1.807, 2.05) is 24.3 Å². The van der Waals surface area contributed by atoms with Crippen molar-refractivity contribution in [2.24, 2.45) is 0 Å². The zero-order valence-electron chi connectivity index (χ0n) is 14.3. The van der Waals surface area contributed by atoms with Crippen LogP contribution in [0.4, 0.5) is 0 Å². The highest BCUT2D eigenvalue weighted by Gasteiger charge is 2.24. The summed E-state index contributed by atoms with van der Waals surface area (Å²) in [6.45, 7) is 3.92. The predicted octanol–water partition coefficient (Wildman–Crippen LogP) is 3.73. The summed E-state index contributed by atoms with van der Waals surface area (Å²) < 4.78 is 5.26. The number of pyridine rings is 1.